The molecule has 0 amide bonds. The third kappa shape index (κ3) is 20.4. The molecule has 97 heavy (non-hydrogen) atoms. The first-order valence-corrected chi connectivity index (χ1v) is 32.7. The van der Waals surface area contributed by atoms with E-state index in [2.05, 4.69) is 40.9 Å². The third-order valence-electron chi connectivity index (χ3n) is 14.9. The number of hydrogen-bond acceptors (Lipinski definition) is 5. The molecule has 5 N–H and O–H groups in total. The molecule has 0 bridgehead atoms. The number of alkyl halides is 9. The Morgan fingerprint density at radius 2 is 0.546 bits per heavy atom. The first kappa shape index (κ1) is 104. The number of halogens is 9. The second kappa shape index (κ2) is 43.9. The fourth-order valence-electron chi connectivity index (χ4n) is 11.4. The molecule has 18 heteroatoms. The van der Waals surface area contributed by atoms with Crippen molar-refractivity contribution < 1.29 is 80.3 Å². The highest BCUT2D eigenvalue weighted by atomic mass is 19.4. The predicted molar refractivity (Wildman–Crippen MR) is 410 cm³/mol. The molecule has 0 saturated carbocycles. The Hall–Kier alpha value is -6.36. The van der Waals surface area contributed by atoms with Crippen LogP contribution in [-0.4, -0.2) is 69.4 Å². The van der Waals surface area contributed by atoms with Gasteiger partial charge in [-0.15, -0.1) is 0 Å². The highest BCUT2D eigenvalue weighted by Gasteiger charge is 2.64. The van der Waals surface area contributed by atoms with Crippen LogP contribution in [0.2, 0.25) is 40.9 Å². The number of carbonyl (C=O) groups is 2. The van der Waals surface area contributed by atoms with Crippen molar-refractivity contribution in [1.29, 1.82) is 0 Å². The number of aliphatic hydroxyl groups is 3. The molecular formula is C79H133B2F9O7. The molecule has 3 atom stereocenters. The van der Waals surface area contributed by atoms with E-state index in [1.165, 1.54) is 56.3 Å². The van der Waals surface area contributed by atoms with Crippen LogP contribution >= 0.6 is 0 Å². The number of rotatable bonds is 3. The van der Waals surface area contributed by atoms with Crippen LogP contribution in [-0.2, 0) is 23.2 Å². The second-order valence-corrected chi connectivity index (χ2v) is 21.8. The van der Waals surface area contributed by atoms with Gasteiger partial charge >= 0.3 is 30.5 Å². The Labute approximate surface area is 588 Å². The van der Waals surface area contributed by atoms with Gasteiger partial charge in [-0.1, -0.05) is 247 Å². The van der Waals surface area contributed by atoms with E-state index in [0.29, 0.717) is 45.4 Å². The molecule has 0 radical (unpaired) electrons. The SMILES string of the molecule is C.C.C.C.CB(C)C.CB(C)C.CC.CC.CC.CC.CC.CC.CC.CCc1c(C)c(C)c2c(c1C)C(O)(C(F)(F)F)c1ccccc1-2.Cc1c(C)c2c(c(C)c1C(=O)O)C(O)(C(F)(F)F)c1ccccc1-2.Cc1c(C)c2c(c(C)c1C(=O)O)C(O)(C(F)(F)F)c1ccccc1-2.[3HH].[3HH].[3HH].[3HH]. The van der Waals surface area contributed by atoms with Gasteiger partial charge in [0.25, 0.3) is 0 Å². The number of fused-ring (bicyclic) bond motifs is 9. The second-order valence-electron chi connectivity index (χ2n) is 21.8. The van der Waals surface area contributed by atoms with Crippen LogP contribution in [0, 0.1) is 62.3 Å². The lowest BCUT2D eigenvalue weighted by Crippen LogP contribution is -2.42. The van der Waals surface area contributed by atoms with Crippen LogP contribution in [0.25, 0.3) is 33.4 Å². The van der Waals surface area contributed by atoms with Crippen LogP contribution in [0.5, 0.6) is 0 Å². The number of carboxylic acid groups (broad SMARTS) is 2. The summed E-state index contributed by atoms with van der Waals surface area (Å²) in [4.78, 5) is 23.1. The van der Waals surface area contributed by atoms with Gasteiger partial charge in [0.1, 0.15) is 13.4 Å². The summed E-state index contributed by atoms with van der Waals surface area (Å²) in [6.07, 6.45) is -14.1. The molecule has 6 aromatic carbocycles. The molecule has 0 fully saturated rings. The number of benzene rings is 6. The van der Waals surface area contributed by atoms with Crippen LogP contribution in [0.4, 0.5) is 39.5 Å². The van der Waals surface area contributed by atoms with Gasteiger partial charge in [0, 0.05) is 39.1 Å². The maximum atomic E-state index is 13.9. The van der Waals surface area contributed by atoms with E-state index in [1.807, 2.05) is 118 Å². The Kier molecular flexibility index (Phi) is 47.1. The van der Waals surface area contributed by atoms with E-state index in [4.69, 9.17) is 0 Å². The summed E-state index contributed by atoms with van der Waals surface area (Å²) in [5, 5.41) is 51.1. The maximum Gasteiger partial charge on any atom is 0.425 e. The molecule has 3 aliphatic carbocycles. The first-order chi connectivity index (χ1) is 43.2. The molecule has 0 spiro atoms. The average molecular weight is 1400 g/mol. The summed E-state index contributed by atoms with van der Waals surface area (Å²) in [5.74, 6) is -2.62. The minimum atomic E-state index is -4.98. The summed E-state index contributed by atoms with van der Waals surface area (Å²) in [5.41, 5.74) is -4.18. The van der Waals surface area contributed by atoms with Crippen molar-refractivity contribution in [2.24, 2.45) is 0 Å². The maximum absolute atomic E-state index is 13.9. The van der Waals surface area contributed by atoms with E-state index >= 15 is 0 Å². The van der Waals surface area contributed by atoms with Crippen molar-refractivity contribution in [3.63, 3.8) is 0 Å². The lowest BCUT2D eigenvalue weighted by atomic mass is 9.58. The quantitative estimate of drug-likeness (QED) is 0.0880. The van der Waals surface area contributed by atoms with Crippen molar-refractivity contribution in [3.05, 3.63) is 173 Å². The van der Waals surface area contributed by atoms with E-state index in [0.717, 1.165) is 30.1 Å². The Morgan fingerprint density at radius 3 is 0.732 bits per heavy atom. The molecule has 9 rings (SSSR count). The smallest absolute Gasteiger partial charge is 0.425 e. The number of aromatic carboxylic acids is 2. The topological polar surface area (TPSA) is 135 Å². The van der Waals surface area contributed by atoms with Crippen molar-refractivity contribution in [1.82, 2.24) is 0 Å². The van der Waals surface area contributed by atoms with Gasteiger partial charge in [0.2, 0.25) is 16.8 Å². The van der Waals surface area contributed by atoms with Crippen LogP contribution in [0.1, 0.15) is 249 Å². The predicted octanol–water partition coefficient (Wildman–Crippen LogP) is 26.6. The van der Waals surface area contributed by atoms with Crippen LogP contribution in [0.15, 0.2) is 72.8 Å². The zero-order valence-corrected chi connectivity index (χ0v) is 61.2. The number of hydrogen-bond donors (Lipinski definition) is 5. The minimum Gasteiger partial charge on any atom is -0.478 e. The molecule has 7 nitrogen and oxygen atoms in total. The molecule has 0 aromatic heterocycles. The van der Waals surface area contributed by atoms with Gasteiger partial charge in [0.05, 0.1) is 11.1 Å². The van der Waals surface area contributed by atoms with E-state index in [9.17, 15) is 74.6 Å². The molecule has 560 valence electrons. The Balaban J connectivity index is -0.000000113. The standard InChI is InChI=1S/C19H19F3O.2C18H15F3O3.2C3H9B.7C2H6.4CH4.4H2/c1-5-13-10(2)11(3)16-14-8-6-7-9-15(14)18(23,19(20,21)22)17(16)12(13)4;2*1-8-9(2)14-11-6-4-5-7-12(11)17(24,18(19,20)21)15(14)10(3)13(8)16(22)23;2*1-4(2)3;7*1-2;;;;;;;;/h6-9,23H,5H2,1-4H3;2*4-7,24H,1-3H3,(H,22,23);2*1-3H3;7*1-2H3;4*1H4;4*1H/i;;;;;;;;;;;;;;;;4*1+2. The minimum absolute atomic E-state index is 0. The van der Waals surface area contributed by atoms with E-state index in [-0.39, 0.29) is 113 Å². The first-order valence-electron chi connectivity index (χ1n) is 32.7. The van der Waals surface area contributed by atoms with Gasteiger partial charge in [-0.05, 0) is 158 Å². The third-order valence-corrected chi connectivity index (χ3v) is 14.9. The van der Waals surface area contributed by atoms with Crippen LogP contribution < -0.4 is 0 Å². The zero-order valence-electron chi connectivity index (χ0n) is 61.2. The highest BCUT2D eigenvalue weighted by molar-refractivity contribution is 6.54. The number of carboxylic acids is 2. The van der Waals surface area contributed by atoms with E-state index < -0.39 is 47.3 Å². The van der Waals surface area contributed by atoms with Crippen molar-refractivity contribution in [2.45, 2.75) is 279 Å². The van der Waals surface area contributed by atoms with Gasteiger partial charge in [-0.2, -0.15) is 39.5 Å². The van der Waals surface area contributed by atoms with Crippen molar-refractivity contribution in [3.8, 4) is 33.4 Å². The van der Waals surface area contributed by atoms with Crippen molar-refractivity contribution >= 4 is 25.4 Å². The summed E-state index contributed by atoms with van der Waals surface area (Å²) >= 11 is 0. The van der Waals surface area contributed by atoms with Gasteiger partial charge in [-0.25, -0.2) is 9.59 Å². The van der Waals surface area contributed by atoms with E-state index in [1.54, 1.807) is 65.0 Å². The molecular weight excluding hydrogens is 1250 g/mol. The summed E-state index contributed by atoms with van der Waals surface area (Å²) < 4.78 is 125. The molecule has 0 heterocycles. The largest absolute Gasteiger partial charge is 0.478 e. The molecule has 0 saturated heterocycles. The molecule has 3 unspecified atom stereocenters. The normalized spacial score (nSPS) is 15.1. The van der Waals surface area contributed by atoms with Gasteiger partial charge in [-0.3, -0.25) is 0 Å². The lowest BCUT2D eigenvalue weighted by molar-refractivity contribution is -0.247. The van der Waals surface area contributed by atoms with Gasteiger partial charge < -0.3 is 25.5 Å². The summed E-state index contributed by atoms with van der Waals surface area (Å²) in [7, 11) is 0. The monoisotopic (exact) mass is 1400 g/mol. The summed E-state index contributed by atoms with van der Waals surface area (Å²) in [6, 6.07) is 17.8. The van der Waals surface area contributed by atoms with Crippen LogP contribution in [0.3, 0.4) is 0 Å². The molecule has 6 aromatic rings. The Bertz CT molecular complexity index is 3250. The fourth-order valence-corrected chi connectivity index (χ4v) is 11.4. The molecule has 0 aliphatic heterocycles. The highest BCUT2D eigenvalue weighted by Crippen LogP contribution is 2.61. The van der Waals surface area contributed by atoms with Crippen molar-refractivity contribution in [2.75, 3.05) is 0 Å². The lowest BCUT2D eigenvalue weighted by Gasteiger charge is -2.31. The Morgan fingerprint density at radius 1 is 0.361 bits per heavy atom. The van der Waals surface area contributed by atoms with Gasteiger partial charge in [0.15, 0.2) is 0 Å². The average Bonchev–Trinajstić information content (AvgIpc) is 1.57. The molecule has 3 aliphatic rings. The summed E-state index contributed by atoms with van der Waals surface area (Å²) in [6.45, 7) is 59.0. The zero-order chi connectivity index (χ0) is 74.4. The fraction of sp³-hybridized carbons (Fsp3) is 0.519.